The van der Waals surface area contributed by atoms with Crippen molar-refractivity contribution in [1.29, 1.82) is 5.41 Å². The van der Waals surface area contributed by atoms with E-state index in [1.54, 1.807) is 40.4 Å². The number of Topliss-reactive ketones (excluding diaryl/α,β-unsaturated/α-hetero) is 1. The number of aromatic nitrogens is 1. The van der Waals surface area contributed by atoms with Gasteiger partial charge in [-0.3, -0.25) is 15.0 Å². The van der Waals surface area contributed by atoms with Crippen molar-refractivity contribution in [3.63, 3.8) is 0 Å². The van der Waals surface area contributed by atoms with Gasteiger partial charge in [-0.05, 0) is 24.3 Å². The molecule has 0 bridgehead atoms. The summed E-state index contributed by atoms with van der Waals surface area (Å²) in [6, 6.07) is 6.72. The van der Waals surface area contributed by atoms with Gasteiger partial charge >= 0.3 is 0 Å². The van der Waals surface area contributed by atoms with Crippen molar-refractivity contribution in [3.05, 3.63) is 46.2 Å². The van der Waals surface area contributed by atoms with Crippen molar-refractivity contribution in [1.82, 2.24) is 4.57 Å². The molecule has 0 saturated carbocycles. The summed E-state index contributed by atoms with van der Waals surface area (Å²) in [6.45, 7) is 1.59. The van der Waals surface area contributed by atoms with Gasteiger partial charge in [-0.25, -0.2) is 0 Å². The first kappa shape index (κ1) is 13.2. The molecule has 1 heterocycles. The second-order valence-electron chi connectivity index (χ2n) is 4.02. The quantitative estimate of drug-likeness (QED) is 0.836. The van der Waals surface area contributed by atoms with Crippen molar-refractivity contribution < 1.29 is 9.59 Å². The van der Waals surface area contributed by atoms with Crippen LogP contribution in [0.4, 0.5) is 5.69 Å². The van der Waals surface area contributed by atoms with Crippen molar-refractivity contribution in [2.45, 2.75) is 13.5 Å². The molecule has 2 rings (SSSR count). The van der Waals surface area contributed by atoms with Crippen LogP contribution in [0.1, 0.15) is 17.3 Å². The lowest BCUT2D eigenvalue weighted by molar-refractivity contribution is -0.114. The zero-order valence-electron chi connectivity index (χ0n) is 10.3. The Kier molecular flexibility index (Phi) is 3.91. The van der Waals surface area contributed by atoms with Crippen LogP contribution >= 0.6 is 11.3 Å². The zero-order chi connectivity index (χ0) is 13.8. The van der Waals surface area contributed by atoms with Crippen LogP contribution in [-0.4, -0.2) is 16.3 Å². The molecule has 0 aliphatic rings. The highest BCUT2D eigenvalue weighted by atomic mass is 32.1. The summed E-state index contributed by atoms with van der Waals surface area (Å²) in [5.74, 6) is -0.210. The van der Waals surface area contributed by atoms with Crippen LogP contribution in [0.25, 0.3) is 0 Å². The Morgan fingerprint density at radius 1 is 1.32 bits per heavy atom. The standard InChI is InChI=1S/C13H13N3O2S/c1-9(17)15-11-4-2-10(3-5-11)12(18)8-16-6-7-19-13(16)14/h2-7,14H,8H2,1H3,(H,15,17). The van der Waals surface area contributed by atoms with E-state index in [9.17, 15) is 9.59 Å². The Morgan fingerprint density at radius 2 is 2.00 bits per heavy atom. The van der Waals surface area contributed by atoms with E-state index in [2.05, 4.69) is 5.32 Å². The predicted molar refractivity (Wildman–Crippen MR) is 73.2 cm³/mol. The molecule has 1 aromatic carbocycles. The largest absolute Gasteiger partial charge is 0.326 e. The first-order valence-corrected chi connectivity index (χ1v) is 6.53. The van der Waals surface area contributed by atoms with E-state index < -0.39 is 0 Å². The summed E-state index contributed by atoms with van der Waals surface area (Å²) in [5, 5.41) is 12.0. The third-order valence-electron chi connectivity index (χ3n) is 2.52. The van der Waals surface area contributed by atoms with Crippen LogP contribution in [-0.2, 0) is 11.3 Å². The van der Waals surface area contributed by atoms with E-state index in [0.717, 1.165) is 0 Å². The summed E-state index contributed by atoms with van der Waals surface area (Å²) < 4.78 is 1.59. The highest BCUT2D eigenvalue weighted by molar-refractivity contribution is 7.06. The maximum absolute atomic E-state index is 12.0. The molecule has 2 N–H and O–H groups in total. The number of benzene rings is 1. The van der Waals surface area contributed by atoms with Crippen molar-refractivity contribution in [3.8, 4) is 0 Å². The molecule has 0 saturated heterocycles. The average Bonchev–Trinajstić information content (AvgIpc) is 2.75. The molecule has 2 aromatic rings. The van der Waals surface area contributed by atoms with Crippen LogP contribution < -0.4 is 10.1 Å². The first-order chi connectivity index (χ1) is 9.06. The summed E-state index contributed by atoms with van der Waals surface area (Å²) in [6.07, 6.45) is 1.72. The number of nitrogens with zero attached hydrogens (tertiary/aromatic N) is 1. The summed E-state index contributed by atoms with van der Waals surface area (Å²) >= 11 is 1.28. The SMILES string of the molecule is CC(=O)Nc1ccc(C(=O)Cn2ccsc2=N)cc1. The lowest BCUT2D eigenvalue weighted by Gasteiger charge is -2.05. The third-order valence-corrected chi connectivity index (χ3v) is 3.24. The normalized spacial score (nSPS) is 10.2. The van der Waals surface area contributed by atoms with Gasteiger partial charge in [0.05, 0.1) is 6.54 Å². The predicted octanol–water partition coefficient (Wildman–Crippen LogP) is 1.87. The van der Waals surface area contributed by atoms with Gasteiger partial charge in [0.15, 0.2) is 10.6 Å². The number of hydrogen-bond donors (Lipinski definition) is 2. The molecule has 0 spiro atoms. The fourth-order valence-corrected chi connectivity index (χ4v) is 2.21. The molecule has 0 fully saturated rings. The minimum atomic E-state index is -0.147. The van der Waals surface area contributed by atoms with Gasteiger partial charge in [-0.15, -0.1) is 11.3 Å². The number of rotatable bonds is 4. The smallest absolute Gasteiger partial charge is 0.221 e. The van der Waals surface area contributed by atoms with E-state index >= 15 is 0 Å². The topological polar surface area (TPSA) is 75.0 Å². The van der Waals surface area contributed by atoms with E-state index in [-0.39, 0.29) is 18.2 Å². The molecule has 0 unspecified atom stereocenters. The fraction of sp³-hybridized carbons (Fsp3) is 0.154. The maximum Gasteiger partial charge on any atom is 0.221 e. The Bertz CT molecular complexity index is 655. The Morgan fingerprint density at radius 3 is 2.53 bits per heavy atom. The second-order valence-corrected chi connectivity index (χ2v) is 4.91. The number of amides is 1. The lowest BCUT2D eigenvalue weighted by atomic mass is 10.1. The number of ketones is 1. The van der Waals surface area contributed by atoms with Crippen LogP contribution in [0.15, 0.2) is 35.8 Å². The number of hydrogen-bond acceptors (Lipinski definition) is 4. The molecule has 98 valence electrons. The van der Waals surface area contributed by atoms with Crippen molar-refractivity contribution in [2.24, 2.45) is 0 Å². The minimum Gasteiger partial charge on any atom is -0.326 e. The van der Waals surface area contributed by atoms with Crippen LogP contribution in [0.5, 0.6) is 0 Å². The second kappa shape index (κ2) is 5.62. The number of carbonyl (C=O) groups is 2. The molecular formula is C13H13N3O2S. The molecular weight excluding hydrogens is 262 g/mol. The zero-order valence-corrected chi connectivity index (χ0v) is 11.2. The fourth-order valence-electron chi connectivity index (χ4n) is 1.62. The number of thiazole rings is 1. The highest BCUT2D eigenvalue weighted by Crippen LogP contribution is 2.10. The molecule has 0 aliphatic heterocycles. The van der Waals surface area contributed by atoms with E-state index in [4.69, 9.17) is 5.41 Å². The van der Waals surface area contributed by atoms with Crippen LogP contribution in [0.3, 0.4) is 0 Å². The van der Waals surface area contributed by atoms with Crippen molar-refractivity contribution >= 4 is 28.7 Å². The Balaban J connectivity index is 2.10. The molecule has 0 aliphatic carbocycles. The van der Waals surface area contributed by atoms with Crippen LogP contribution in [0.2, 0.25) is 0 Å². The van der Waals surface area contributed by atoms with Gasteiger partial charge in [-0.1, -0.05) is 0 Å². The summed E-state index contributed by atoms with van der Waals surface area (Å²) in [5.41, 5.74) is 1.22. The first-order valence-electron chi connectivity index (χ1n) is 5.65. The average molecular weight is 275 g/mol. The molecule has 0 radical (unpaired) electrons. The molecule has 0 atom stereocenters. The van der Waals surface area contributed by atoms with E-state index in [0.29, 0.717) is 16.1 Å². The number of nitrogens with one attached hydrogen (secondary N) is 2. The van der Waals surface area contributed by atoms with Gasteiger partial charge in [-0.2, -0.15) is 0 Å². The van der Waals surface area contributed by atoms with Gasteiger partial charge in [0.25, 0.3) is 0 Å². The van der Waals surface area contributed by atoms with Gasteiger partial charge in [0.2, 0.25) is 5.91 Å². The maximum atomic E-state index is 12.0. The molecule has 5 nitrogen and oxygen atoms in total. The molecule has 19 heavy (non-hydrogen) atoms. The molecule has 1 amide bonds. The Labute approximate surface area is 114 Å². The Hall–Kier alpha value is -2.21. The van der Waals surface area contributed by atoms with Crippen LogP contribution in [0, 0.1) is 5.41 Å². The van der Waals surface area contributed by atoms with E-state index in [1.807, 2.05) is 0 Å². The lowest BCUT2D eigenvalue weighted by Crippen LogP contribution is -2.18. The monoisotopic (exact) mass is 275 g/mol. The van der Waals surface area contributed by atoms with Crippen molar-refractivity contribution in [2.75, 3.05) is 5.32 Å². The molecule has 6 heteroatoms. The number of carbonyl (C=O) groups excluding carboxylic acids is 2. The minimum absolute atomic E-state index is 0.0636. The summed E-state index contributed by atoms with van der Waals surface area (Å²) in [4.78, 5) is 23.2. The number of anilines is 1. The van der Waals surface area contributed by atoms with Gasteiger partial charge < -0.3 is 9.88 Å². The highest BCUT2D eigenvalue weighted by Gasteiger charge is 2.07. The van der Waals surface area contributed by atoms with Gasteiger partial charge in [0.1, 0.15) is 0 Å². The van der Waals surface area contributed by atoms with E-state index in [1.165, 1.54) is 18.3 Å². The van der Waals surface area contributed by atoms with Gasteiger partial charge in [0, 0.05) is 29.8 Å². The molecule has 1 aromatic heterocycles. The third kappa shape index (κ3) is 3.38. The summed E-state index contributed by atoms with van der Waals surface area (Å²) in [7, 11) is 0.